The first-order valence-electron chi connectivity index (χ1n) is 9.13. The van der Waals surface area contributed by atoms with E-state index < -0.39 is 11.9 Å². The summed E-state index contributed by atoms with van der Waals surface area (Å²) in [4.78, 5) is 25.3. The quantitative estimate of drug-likeness (QED) is 0.786. The van der Waals surface area contributed by atoms with Gasteiger partial charge in [-0.1, -0.05) is 41.9 Å². The average Bonchev–Trinajstić information content (AvgIpc) is 3.16. The summed E-state index contributed by atoms with van der Waals surface area (Å²) in [6.07, 6.45) is 2.14. The van der Waals surface area contributed by atoms with Crippen molar-refractivity contribution < 1.29 is 14.3 Å². The molecule has 150 valence electrons. The fourth-order valence-electron chi connectivity index (χ4n) is 3.46. The number of ether oxygens (including phenoxy) is 1. The van der Waals surface area contributed by atoms with E-state index in [2.05, 4.69) is 15.8 Å². The second kappa shape index (κ2) is 8.10. The highest BCUT2D eigenvalue weighted by atomic mass is 35.5. The fraction of sp³-hybridized carbons (Fsp3) is 0.250. The number of benzene rings is 2. The molecule has 2 aromatic carbocycles. The van der Waals surface area contributed by atoms with Crippen LogP contribution in [0.1, 0.15) is 18.0 Å². The van der Waals surface area contributed by atoms with Gasteiger partial charge in [0.25, 0.3) is 5.91 Å². The minimum atomic E-state index is -0.411. The zero-order chi connectivity index (χ0) is 20.4. The Bertz CT molecular complexity index is 952. The van der Waals surface area contributed by atoms with E-state index >= 15 is 0 Å². The van der Waals surface area contributed by atoms with Crippen molar-refractivity contribution in [1.29, 1.82) is 0 Å². The molecule has 0 spiro atoms. The van der Waals surface area contributed by atoms with Crippen molar-refractivity contribution in [2.75, 3.05) is 19.0 Å². The highest BCUT2D eigenvalue weighted by Gasteiger charge is 2.41. The molecule has 1 saturated heterocycles. The molecule has 2 aromatic rings. The van der Waals surface area contributed by atoms with Gasteiger partial charge in [0.05, 0.1) is 18.8 Å². The molecule has 8 nitrogen and oxygen atoms in total. The number of hydrazone groups is 1. The van der Waals surface area contributed by atoms with Gasteiger partial charge in [0.2, 0.25) is 5.91 Å². The summed E-state index contributed by atoms with van der Waals surface area (Å²) >= 11 is 5.99. The number of halogens is 1. The highest BCUT2D eigenvalue weighted by molar-refractivity contribution is 6.31. The van der Waals surface area contributed by atoms with Crippen molar-refractivity contribution in [3.8, 4) is 5.75 Å². The molecule has 0 radical (unpaired) electrons. The second-order valence-corrected chi connectivity index (χ2v) is 7.21. The number of methoxy groups -OCH3 is 1. The molecular formula is C20H20ClN5O3. The number of hydrazine groups is 1. The summed E-state index contributed by atoms with van der Waals surface area (Å²) in [5.41, 5.74) is 4.81. The lowest BCUT2D eigenvalue weighted by Crippen LogP contribution is -2.52. The van der Waals surface area contributed by atoms with Gasteiger partial charge in [-0.2, -0.15) is 5.10 Å². The number of hydrogen-bond acceptors (Lipinski definition) is 6. The van der Waals surface area contributed by atoms with Gasteiger partial charge in [-0.25, -0.2) is 10.4 Å². The summed E-state index contributed by atoms with van der Waals surface area (Å²) in [5, 5.41) is 10.2. The Morgan fingerprint density at radius 2 is 2.10 bits per heavy atom. The Morgan fingerprint density at radius 1 is 1.31 bits per heavy atom. The second-order valence-electron chi connectivity index (χ2n) is 6.77. The Kier molecular flexibility index (Phi) is 5.37. The predicted molar refractivity (Wildman–Crippen MR) is 109 cm³/mol. The molecule has 0 aromatic heterocycles. The lowest BCUT2D eigenvalue weighted by Gasteiger charge is -2.29. The molecule has 0 bridgehead atoms. The van der Waals surface area contributed by atoms with E-state index in [1.54, 1.807) is 29.5 Å². The molecule has 29 heavy (non-hydrogen) atoms. The molecule has 2 unspecified atom stereocenters. The van der Waals surface area contributed by atoms with Crippen LogP contribution in [0.4, 0.5) is 5.69 Å². The standard InChI is InChI=1S/C20H20ClN5O3/c1-29-18-8-7-14(21)9-16(18)23-19(27)11-25-20(28)17-10-15(24-26(17)12-22-25)13-5-3-2-4-6-13/h2-9,12,15,17,24H,10-11H2,1H3,(H,23,27). The van der Waals surface area contributed by atoms with Gasteiger partial charge in [-0.15, -0.1) is 0 Å². The van der Waals surface area contributed by atoms with Crippen LogP contribution in [0.3, 0.4) is 0 Å². The molecule has 0 aliphatic carbocycles. The SMILES string of the molecule is COc1ccc(Cl)cc1NC(=O)CN1N=CN2NC(c3ccccc3)CC2C1=O. The fourth-order valence-corrected chi connectivity index (χ4v) is 3.63. The number of hydrogen-bond donors (Lipinski definition) is 2. The Morgan fingerprint density at radius 3 is 2.86 bits per heavy atom. The van der Waals surface area contributed by atoms with Crippen LogP contribution in [-0.2, 0) is 9.59 Å². The van der Waals surface area contributed by atoms with Crippen LogP contribution >= 0.6 is 11.6 Å². The van der Waals surface area contributed by atoms with Gasteiger partial charge in [-0.3, -0.25) is 14.6 Å². The van der Waals surface area contributed by atoms with Gasteiger partial charge >= 0.3 is 0 Å². The smallest absolute Gasteiger partial charge is 0.267 e. The Hall–Kier alpha value is -3.10. The molecule has 2 atom stereocenters. The van der Waals surface area contributed by atoms with E-state index in [9.17, 15) is 9.59 Å². The first kappa shape index (κ1) is 19.2. The van der Waals surface area contributed by atoms with Gasteiger partial charge in [0.1, 0.15) is 24.7 Å². The number of rotatable bonds is 5. The maximum Gasteiger partial charge on any atom is 0.267 e. The van der Waals surface area contributed by atoms with E-state index in [0.717, 1.165) is 5.56 Å². The summed E-state index contributed by atoms with van der Waals surface area (Å²) in [7, 11) is 1.50. The Balaban J connectivity index is 1.41. The number of nitrogens with one attached hydrogen (secondary N) is 2. The number of nitrogens with zero attached hydrogens (tertiary/aromatic N) is 3. The van der Waals surface area contributed by atoms with E-state index in [4.69, 9.17) is 16.3 Å². The lowest BCUT2D eigenvalue weighted by molar-refractivity contribution is -0.139. The highest BCUT2D eigenvalue weighted by Crippen LogP contribution is 2.30. The van der Waals surface area contributed by atoms with Crippen LogP contribution in [0.25, 0.3) is 0 Å². The van der Waals surface area contributed by atoms with Crippen molar-refractivity contribution in [3.63, 3.8) is 0 Å². The molecule has 4 rings (SSSR count). The van der Waals surface area contributed by atoms with Gasteiger partial charge in [0.15, 0.2) is 0 Å². The summed E-state index contributed by atoms with van der Waals surface area (Å²) < 4.78 is 5.22. The number of anilines is 1. The predicted octanol–water partition coefficient (Wildman–Crippen LogP) is 2.39. The summed E-state index contributed by atoms with van der Waals surface area (Å²) in [6, 6.07) is 14.4. The maximum absolute atomic E-state index is 12.9. The molecule has 9 heteroatoms. The maximum atomic E-state index is 12.9. The van der Waals surface area contributed by atoms with E-state index in [1.165, 1.54) is 12.1 Å². The van der Waals surface area contributed by atoms with Crippen LogP contribution in [0.15, 0.2) is 53.6 Å². The molecule has 1 fully saturated rings. The average molecular weight is 414 g/mol. The first-order valence-corrected chi connectivity index (χ1v) is 9.51. The topological polar surface area (TPSA) is 86.3 Å². The van der Waals surface area contributed by atoms with Crippen LogP contribution in [0.5, 0.6) is 5.75 Å². The third kappa shape index (κ3) is 4.03. The van der Waals surface area contributed by atoms with Crippen molar-refractivity contribution in [2.45, 2.75) is 18.5 Å². The molecular weight excluding hydrogens is 394 g/mol. The molecule has 0 saturated carbocycles. The molecule has 2 N–H and O–H groups in total. The van der Waals surface area contributed by atoms with Crippen LogP contribution in [-0.4, -0.2) is 47.9 Å². The van der Waals surface area contributed by atoms with Crippen LogP contribution in [0.2, 0.25) is 5.02 Å². The monoisotopic (exact) mass is 413 g/mol. The van der Waals surface area contributed by atoms with Crippen LogP contribution in [0, 0.1) is 0 Å². The normalized spacial score (nSPS) is 20.6. The van der Waals surface area contributed by atoms with E-state index in [0.29, 0.717) is 22.9 Å². The van der Waals surface area contributed by atoms with Crippen LogP contribution < -0.4 is 15.5 Å². The van der Waals surface area contributed by atoms with Crippen molar-refractivity contribution in [2.24, 2.45) is 5.10 Å². The number of amides is 2. The minimum absolute atomic E-state index is 0.0149. The van der Waals surface area contributed by atoms with E-state index in [-0.39, 0.29) is 18.5 Å². The first-order chi connectivity index (χ1) is 14.0. The van der Waals surface area contributed by atoms with Gasteiger partial charge < -0.3 is 10.1 Å². The summed E-state index contributed by atoms with van der Waals surface area (Å²) in [6.45, 7) is -0.203. The van der Waals surface area contributed by atoms with Gasteiger partial charge in [-0.05, 0) is 30.2 Å². The zero-order valence-corrected chi connectivity index (χ0v) is 16.5. The van der Waals surface area contributed by atoms with Crippen molar-refractivity contribution in [3.05, 3.63) is 59.1 Å². The van der Waals surface area contributed by atoms with Crippen molar-refractivity contribution >= 4 is 35.4 Å². The lowest BCUT2D eigenvalue weighted by atomic mass is 10.0. The minimum Gasteiger partial charge on any atom is -0.495 e. The summed E-state index contributed by atoms with van der Waals surface area (Å²) in [5.74, 6) is -0.144. The number of fused-ring (bicyclic) bond motifs is 1. The van der Waals surface area contributed by atoms with Crippen molar-refractivity contribution in [1.82, 2.24) is 15.4 Å². The van der Waals surface area contributed by atoms with Gasteiger partial charge in [0, 0.05) is 5.02 Å². The number of carbonyl (C=O) groups is 2. The number of carbonyl (C=O) groups excluding carboxylic acids is 2. The molecule has 2 aliphatic rings. The Labute approximate surface area is 173 Å². The molecule has 2 aliphatic heterocycles. The third-order valence-corrected chi connectivity index (χ3v) is 5.12. The molecule has 2 amide bonds. The third-order valence-electron chi connectivity index (χ3n) is 4.89. The zero-order valence-electron chi connectivity index (χ0n) is 15.7. The molecule has 2 heterocycles. The van der Waals surface area contributed by atoms with E-state index in [1.807, 2.05) is 30.3 Å². The largest absolute Gasteiger partial charge is 0.495 e.